The Morgan fingerprint density at radius 1 is 1.15 bits per heavy atom. The minimum atomic E-state index is -0.481. The molecule has 5 nitrogen and oxygen atoms in total. The van der Waals surface area contributed by atoms with Gasteiger partial charge in [-0.3, -0.25) is 4.79 Å². The van der Waals surface area contributed by atoms with Crippen LogP contribution in [0.3, 0.4) is 0 Å². The largest absolute Gasteiger partial charge is 0.497 e. The van der Waals surface area contributed by atoms with Crippen molar-refractivity contribution in [3.8, 4) is 5.75 Å². The lowest BCUT2D eigenvalue weighted by atomic mass is 9.87. The van der Waals surface area contributed by atoms with Crippen LogP contribution in [0.5, 0.6) is 5.75 Å². The van der Waals surface area contributed by atoms with Crippen molar-refractivity contribution in [2.45, 2.75) is 32.2 Å². The quantitative estimate of drug-likeness (QED) is 0.747. The predicted molar refractivity (Wildman–Crippen MR) is 102 cm³/mol. The molecule has 0 spiro atoms. The molecule has 26 heavy (non-hydrogen) atoms. The number of rotatable bonds is 5. The van der Waals surface area contributed by atoms with E-state index in [1.165, 1.54) is 11.7 Å². The first-order valence-corrected chi connectivity index (χ1v) is 9.33. The molecule has 3 aromatic rings. The Balaban J connectivity index is 1.54. The number of benzene rings is 2. The number of methoxy groups -OCH3 is 1. The van der Waals surface area contributed by atoms with E-state index in [2.05, 4.69) is 27.9 Å². The SMILES string of the molecule is COc1ccc(C2(C(=O)NCc3ccc4nsnc4c3)CC2(C)C)cc1. The van der Waals surface area contributed by atoms with Gasteiger partial charge < -0.3 is 10.1 Å². The van der Waals surface area contributed by atoms with Crippen LogP contribution in [0.2, 0.25) is 0 Å². The van der Waals surface area contributed by atoms with Crippen LogP contribution < -0.4 is 10.1 Å². The Hall–Kier alpha value is -2.47. The zero-order valence-corrected chi connectivity index (χ0v) is 15.9. The van der Waals surface area contributed by atoms with Gasteiger partial charge in [-0.2, -0.15) is 8.75 Å². The Labute approximate surface area is 156 Å². The van der Waals surface area contributed by atoms with E-state index in [1.54, 1.807) is 7.11 Å². The molecule has 1 fully saturated rings. The Morgan fingerprint density at radius 3 is 2.50 bits per heavy atom. The smallest absolute Gasteiger partial charge is 0.231 e. The van der Waals surface area contributed by atoms with Crippen LogP contribution >= 0.6 is 11.7 Å². The molecule has 1 unspecified atom stereocenters. The molecule has 0 saturated heterocycles. The summed E-state index contributed by atoms with van der Waals surface area (Å²) in [5, 5.41) is 3.13. The van der Waals surface area contributed by atoms with E-state index in [4.69, 9.17) is 4.74 Å². The van der Waals surface area contributed by atoms with Gasteiger partial charge in [0.2, 0.25) is 5.91 Å². The third kappa shape index (κ3) is 2.65. The van der Waals surface area contributed by atoms with Gasteiger partial charge in [-0.25, -0.2) is 0 Å². The van der Waals surface area contributed by atoms with Crippen molar-refractivity contribution in [2.75, 3.05) is 7.11 Å². The van der Waals surface area contributed by atoms with Gasteiger partial charge in [-0.15, -0.1) is 0 Å². The fourth-order valence-electron chi connectivity index (χ4n) is 3.78. The minimum absolute atomic E-state index is 0.0611. The fraction of sp³-hybridized carbons (Fsp3) is 0.350. The maximum atomic E-state index is 13.1. The van der Waals surface area contributed by atoms with E-state index in [1.807, 2.05) is 42.5 Å². The van der Waals surface area contributed by atoms with E-state index in [9.17, 15) is 4.79 Å². The van der Waals surface area contributed by atoms with Crippen LogP contribution in [0.15, 0.2) is 42.5 Å². The van der Waals surface area contributed by atoms with Gasteiger partial charge in [-0.05, 0) is 47.2 Å². The highest BCUT2D eigenvalue weighted by molar-refractivity contribution is 7.00. The summed E-state index contributed by atoms with van der Waals surface area (Å²) in [5.74, 6) is 0.872. The van der Waals surface area contributed by atoms with Gasteiger partial charge >= 0.3 is 0 Å². The first kappa shape index (κ1) is 17.0. The van der Waals surface area contributed by atoms with Crippen molar-refractivity contribution in [1.29, 1.82) is 0 Å². The number of hydrogen-bond acceptors (Lipinski definition) is 5. The zero-order chi connectivity index (χ0) is 18.4. The standard InChI is InChI=1S/C20H21N3O2S/c1-19(2)12-20(19,14-5-7-15(25-3)8-6-14)18(24)21-11-13-4-9-16-17(10-13)23-26-22-16/h4-10H,11-12H2,1-3H3,(H,21,24). The van der Waals surface area contributed by atoms with Crippen molar-refractivity contribution < 1.29 is 9.53 Å². The second kappa shape index (κ2) is 6.06. The molecule has 6 heteroatoms. The van der Waals surface area contributed by atoms with Crippen LogP contribution in [0.25, 0.3) is 11.0 Å². The van der Waals surface area contributed by atoms with Crippen LogP contribution in [-0.4, -0.2) is 21.8 Å². The average molecular weight is 367 g/mol. The number of aromatic nitrogens is 2. The number of nitrogens with zero attached hydrogens (tertiary/aromatic N) is 2. The van der Waals surface area contributed by atoms with Gasteiger partial charge in [0.25, 0.3) is 0 Å². The molecule has 1 aliphatic rings. The summed E-state index contributed by atoms with van der Waals surface area (Å²) in [6.45, 7) is 4.77. The van der Waals surface area contributed by atoms with Gasteiger partial charge in [0.05, 0.1) is 24.3 Å². The van der Waals surface area contributed by atoms with Crippen LogP contribution in [0, 0.1) is 5.41 Å². The number of carbonyl (C=O) groups is 1. The molecular weight excluding hydrogens is 346 g/mol. The first-order valence-electron chi connectivity index (χ1n) is 8.60. The second-order valence-electron chi connectivity index (χ2n) is 7.46. The Kier molecular flexibility index (Phi) is 3.95. The van der Waals surface area contributed by atoms with Gasteiger partial charge in [-0.1, -0.05) is 32.0 Å². The highest BCUT2D eigenvalue weighted by atomic mass is 32.1. The molecule has 1 aliphatic carbocycles. The van der Waals surface area contributed by atoms with Crippen LogP contribution in [-0.2, 0) is 16.8 Å². The van der Waals surface area contributed by atoms with Crippen molar-refractivity contribution in [3.63, 3.8) is 0 Å². The van der Waals surface area contributed by atoms with Gasteiger partial charge in [0.1, 0.15) is 16.8 Å². The number of hydrogen-bond donors (Lipinski definition) is 1. The number of amides is 1. The predicted octanol–water partition coefficient (Wildman–Crippen LogP) is 3.68. The van der Waals surface area contributed by atoms with Crippen LogP contribution in [0.1, 0.15) is 31.4 Å². The molecule has 4 rings (SSSR count). The first-order chi connectivity index (χ1) is 12.5. The molecular formula is C20H21N3O2S. The Bertz CT molecular complexity index is 965. The monoisotopic (exact) mass is 367 g/mol. The molecule has 0 aliphatic heterocycles. The van der Waals surface area contributed by atoms with E-state index < -0.39 is 5.41 Å². The highest BCUT2D eigenvalue weighted by Crippen LogP contribution is 2.64. The summed E-state index contributed by atoms with van der Waals surface area (Å²) in [6.07, 6.45) is 0.840. The van der Waals surface area contributed by atoms with E-state index >= 15 is 0 Å². The lowest BCUT2D eigenvalue weighted by molar-refractivity contribution is -0.124. The molecule has 134 valence electrons. The van der Waals surface area contributed by atoms with Gasteiger partial charge in [0, 0.05) is 6.54 Å². The number of nitrogens with one attached hydrogen (secondary N) is 1. The average Bonchev–Trinajstić information content (AvgIpc) is 3.01. The summed E-state index contributed by atoms with van der Waals surface area (Å²) in [4.78, 5) is 13.1. The van der Waals surface area contributed by atoms with E-state index in [-0.39, 0.29) is 11.3 Å². The topological polar surface area (TPSA) is 64.1 Å². The molecule has 1 aromatic heterocycles. The number of ether oxygens (including phenoxy) is 1. The van der Waals surface area contributed by atoms with Gasteiger partial charge in [0.15, 0.2) is 0 Å². The minimum Gasteiger partial charge on any atom is -0.497 e. The molecule has 0 radical (unpaired) electrons. The van der Waals surface area contributed by atoms with Crippen molar-refractivity contribution in [2.24, 2.45) is 5.41 Å². The molecule has 1 atom stereocenters. The normalized spacial score (nSPS) is 20.7. The molecule has 1 saturated carbocycles. The Morgan fingerprint density at radius 2 is 1.85 bits per heavy atom. The van der Waals surface area contributed by atoms with Crippen molar-refractivity contribution >= 4 is 28.7 Å². The summed E-state index contributed by atoms with van der Waals surface area (Å²) in [6, 6.07) is 13.8. The molecule has 1 N–H and O–H groups in total. The van der Waals surface area contributed by atoms with Crippen molar-refractivity contribution in [1.82, 2.24) is 14.1 Å². The third-order valence-electron chi connectivity index (χ3n) is 5.48. The fourth-order valence-corrected chi connectivity index (χ4v) is 4.29. The third-order valence-corrected chi connectivity index (χ3v) is 6.04. The number of carbonyl (C=O) groups excluding carboxylic acids is 1. The summed E-state index contributed by atoms with van der Waals surface area (Å²) in [7, 11) is 1.65. The zero-order valence-electron chi connectivity index (χ0n) is 15.1. The number of fused-ring (bicyclic) bond motifs is 1. The maximum Gasteiger partial charge on any atom is 0.231 e. The molecule has 0 bridgehead atoms. The summed E-state index contributed by atoms with van der Waals surface area (Å²) in [5.41, 5.74) is 3.29. The molecule has 1 heterocycles. The van der Waals surface area contributed by atoms with Crippen molar-refractivity contribution in [3.05, 3.63) is 53.6 Å². The van der Waals surface area contributed by atoms with E-state index in [0.717, 1.165) is 34.3 Å². The van der Waals surface area contributed by atoms with Crippen LogP contribution in [0.4, 0.5) is 0 Å². The van der Waals surface area contributed by atoms with E-state index in [0.29, 0.717) is 6.54 Å². The molecule has 1 amide bonds. The maximum absolute atomic E-state index is 13.1. The highest BCUT2D eigenvalue weighted by Gasteiger charge is 2.66. The second-order valence-corrected chi connectivity index (χ2v) is 7.99. The summed E-state index contributed by atoms with van der Waals surface area (Å²) < 4.78 is 13.7. The summed E-state index contributed by atoms with van der Waals surface area (Å²) >= 11 is 1.20. The lowest BCUT2D eigenvalue weighted by Crippen LogP contribution is -2.37. The molecule has 2 aromatic carbocycles. The lowest BCUT2D eigenvalue weighted by Gasteiger charge is -2.21.